The minimum absolute atomic E-state index is 0.00266. The number of benzene rings is 1. The van der Waals surface area contributed by atoms with Gasteiger partial charge < -0.3 is 5.32 Å². The van der Waals surface area contributed by atoms with Crippen LogP contribution in [-0.4, -0.2) is 40.6 Å². The van der Waals surface area contributed by atoms with Gasteiger partial charge in [0.25, 0.3) is 5.91 Å². The number of anilines is 1. The molecule has 0 bridgehead atoms. The van der Waals surface area contributed by atoms with Crippen molar-refractivity contribution in [1.29, 1.82) is 0 Å². The molecule has 4 rings (SSSR count). The number of aromatic amines is 1. The highest BCUT2D eigenvalue weighted by molar-refractivity contribution is 6.37. The summed E-state index contributed by atoms with van der Waals surface area (Å²) in [6.07, 6.45) is 0.540. The Bertz CT molecular complexity index is 1190. The summed E-state index contributed by atoms with van der Waals surface area (Å²) in [7, 11) is 1.78. The van der Waals surface area contributed by atoms with Gasteiger partial charge in [-0.3, -0.25) is 9.89 Å². The Labute approximate surface area is 169 Å². The van der Waals surface area contributed by atoms with Gasteiger partial charge in [-0.2, -0.15) is 10.2 Å². The number of carbonyl (C=O) groups is 1. The number of hydrogen-bond donors (Lipinski definition) is 2. The molecule has 0 aliphatic rings. The first kappa shape index (κ1) is 18.5. The summed E-state index contributed by atoms with van der Waals surface area (Å²) in [4.78, 5) is 17.1. The summed E-state index contributed by atoms with van der Waals surface area (Å²) in [6.45, 7) is 3.75. The Hall–Kier alpha value is -2.91. The van der Waals surface area contributed by atoms with Crippen molar-refractivity contribution in [3.05, 3.63) is 45.6 Å². The summed E-state index contributed by atoms with van der Waals surface area (Å²) >= 11 is 12.6. The normalized spacial score (nSPS) is 11.3. The molecule has 3 heterocycles. The van der Waals surface area contributed by atoms with E-state index in [2.05, 4.69) is 30.7 Å². The largest absolute Gasteiger partial charge is 0.304 e. The second-order valence-corrected chi connectivity index (χ2v) is 6.96. The number of nitrogens with zero attached hydrogens (tertiary/aromatic N) is 6. The minimum atomic E-state index is -0.481. The van der Waals surface area contributed by atoms with Gasteiger partial charge >= 0.3 is 0 Å². The number of aromatic nitrogens is 7. The molecule has 1 amide bonds. The third-order valence-corrected chi connectivity index (χ3v) is 4.91. The molecule has 0 atom stereocenters. The molecule has 0 fully saturated rings. The summed E-state index contributed by atoms with van der Waals surface area (Å²) < 4.78 is 3.13. The van der Waals surface area contributed by atoms with Crippen LogP contribution in [0.3, 0.4) is 0 Å². The van der Waals surface area contributed by atoms with Crippen LogP contribution in [-0.2, 0) is 13.5 Å². The Morgan fingerprint density at radius 2 is 1.96 bits per heavy atom. The Morgan fingerprint density at radius 3 is 2.64 bits per heavy atom. The summed E-state index contributed by atoms with van der Waals surface area (Å²) in [5.74, 6) is 0.519. The Balaban J connectivity index is 1.72. The molecule has 4 aromatic rings. The second kappa shape index (κ2) is 6.92. The first-order valence-corrected chi connectivity index (χ1v) is 9.25. The molecule has 0 saturated heterocycles. The van der Waals surface area contributed by atoms with E-state index in [1.165, 1.54) is 4.68 Å². The number of amides is 1. The molecule has 11 heteroatoms. The zero-order chi connectivity index (χ0) is 20.0. The molecule has 144 valence electrons. The quantitative estimate of drug-likeness (QED) is 0.528. The second-order valence-electron chi connectivity index (χ2n) is 6.15. The van der Waals surface area contributed by atoms with Gasteiger partial charge in [-0.05, 0) is 19.1 Å². The van der Waals surface area contributed by atoms with Crippen molar-refractivity contribution in [3.63, 3.8) is 0 Å². The number of fused-ring (bicyclic) bond motifs is 1. The fourth-order valence-corrected chi connectivity index (χ4v) is 3.59. The molecule has 0 aliphatic heterocycles. The van der Waals surface area contributed by atoms with Gasteiger partial charge in [0.2, 0.25) is 5.82 Å². The lowest BCUT2D eigenvalue weighted by Gasteiger charge is -2.08. The van der Waals surface area contributed by atoms with Crippen molar-refractivity contribution < 1.29 is 4.79 Å². The van der Waals surface area contributed by atoms with Crippen molar-refractivity contribution in [2.45, 2.75) is 20.3 Å². The number of nitrogens with one attached hydrogen (secondary N) is 2. The highest BCUT2D eigenvalue weighted by atomic mass is 35.5. The Kier molecular flexibility index (Phi) is 4.56. The van der Waals surface area contributed by atoms with Crippen molar-refractivity contribution in [2.75, 3.05) is 5.32 Å². The topological polar surface area (TPSA) is 106 Å². The van der Waals surface area contributed by atoms with Crippen LogP contribution in [0.15, 0.2) is 18.2 Å². The van der Waals surface area contributed by atoms with Crippen molar-refractivity contribution in [2.24, 2.45) is 7.05 Å². The number of para-hydroxylation sites is 1. The highest BCUT2D eigenvalue weighted by Gasteiger charge is 2.22. The molecule has 0 radical (unpaired) electrons. The summed E-state index contributed by atoms with van der Waals surface area (Å²) in [6, 6.07) is 5.15. The van der Waals surface area contributed by atoms with E-state index >= 15 is 0 Å². The van der Waals surface area contributed by atoms with E-state index in [1.54, 1.807) is 29.9 Å². The predicted octanol–water partition coefficient (Wildman–Crippen LogP) is 3.31. The van der Waals surface area contributed by atoms with E-state index in [0.717, 1.165) is 11.1 Å². The van der Waals surface area contributed by atoms with Gasteiger partial charge in [-0.15, -0.1) is 5.10 Å². The molecule has 28 heavy (non-hydrogen) atoms. The molecule has 0 saturated carbocycles. The van der Waals surface area contributed by atoms with E-state index in [9.17, 15) is 4.79 Å². The van der Waals surface area contributed by atoms with Gasteiger partial charge in [-0.25, -0.2) is 14.3 Å². The van der Waals surface area contributed by atoms with Gasteiger partial charge in [0.1, 0.15) is 17.3 Å². The highest BCUT2D eigenvalue weighted by Crippen LogP contribution is 2.29. The first-order valence-electron chi connectivity index (χ1n) is 8.50. The van der Waals surface area contributed by atoms with E-state index in [4.69, 9.17) is 23.2 Å². The standard InChI is InChI=1S/C17H16Cl2N8O/c1-4-11-20-15(25-27(11)13-9(18)6-5-7-10(13)19)17(28)21-14-12-8(2)24-26(3)16(12)23-22-14/h5-7H,4H2,1-3H3,(H2,21,22,23,28). The van der Waals surface area contributed by atoms with Gasteiger partial charge in [0, 0.05) is 13.5 Å². The third-order valence-electron chi connectivity index (χ3n) is 4.30. The molecule has 9 nitrogen and oxygen atoms in total. The lowest BCUT2D eigenvalue weighted by molar-refractivity contribution is 0.101. The number of hydrogen-bond acceptors (Lipinski definition) is 5. The van der Waals surface area contributed by atoms with Gasteiger partial charge in [-0.1, -0.05) is 36.2 Å². The van der Waals surface area contributed by atoms with Crippen LogP contribution in [0.25, 0.3) is 16.7 Å². The number of carbonyl (C=O) groups excluding carboxylic acids is 1. The molecule has 0 aliphatic carbocycles. The van der Waals surface area contributed by atoms with E-state index in [0.29, 0.717) is 39.4 Å². The van der Waals surface area contributed by atoms with Gasteiger partial charge in [0.15, 0.2) is 5.65 Å². The molecule has 3 aromatic heterocycles. The molecular formula is C17H16Cl2N8O. The van der Waals surface area contributed by atoms with Gasteiger partial charge in [0.05, 0.1) is 21.1 Å². The fraction of sp³-hybridized carbons (Fsp3) is 0.235. The zero-order valence-electron chi connectivity index (χ0n) is 15.3. The third kappa shape index (κ3) is 2.92. The predicted molar refractivity (Wildman–Crippen MR) is 106 cm³/mol. The smallest absolute Gasteiger partial charge is 0.296 e. The summed E-state index contributed by atoms with van der Waals surface area (Å²) in [5, 5.41) is 20.0. The van der Waals surface area contributed by atoms with E-state index < -0.39 is 5.91 Å². The molecule has 0 unspecified atom stereocenters. The number of aryl methyl sites for hydroxylation is 3. The number of rotatable bonds is 4. The lowest BCUT2D eigenvalue weighted by Crippen LogP contribution is -2.15. The fourth-order valence-electron chi connectivity index (χ4n) is 3.03. The zero-order valence-corrected chi connectivity index (χ0v) is 16.8. The average molecular weight is 419 g/mol. The van der Waals surface area contributed by atoms with Crippen LogP contribution in [0.2, 0.25) is 10.0 Å². The lowest BCUT2D eigenvalue weighted by atomic mass is 10.3. The molecular weight excluding hydrogens is 403 g/mol. The SMILES string of the molecule is CCc1nc(C(=O)Nc2[nH]nc3c2c(C)nn3C)nn1-c1c(Cl)cccc1Cl. The van der Waals surface area contributed by atoms with Crippen LogP contribution in [0.1, 0.15) is 29.1 Å². The van der Waals surface area contributed by atoms with Crippen LogP contribution in [0.4, 0.5) is 5.82 Å². The maximum absolute atomic E-state index is 12.8. The molecule has 1 aromatic carbocycles. The average Bonchev–Trinajstić information content (AvgIpc) is 3.32. The van der Waals surface area contributed by atoms with E-state index in [1.807, 2.05) is 13.8 Å². The first-order chi connectivity index (χ1) is 13.4. The van der Waals surface area contributed by atoms with E-state index in [-0.39, 0.29) is 5.82 Å². The monoisotopic (exact) mass is 418 g/mol. The van der Waals surface area contributed by atoms with Crippen LogP contribution in [0, 0.1) is 6.92 Å². The van der Waals surface area contributed by atoms with Crippen LogP contribution < -0.4 is 5.32 Å². The van der Waals surface area contributed by atoms with Crippen molar-refractivity contribution >= 4 is 46.0 Å². The Morgan fingerprint density at radius 1 is 1.25 bits per heavy atom. The van der Waals surface area contributed by atoms with Crippen molar-refractivity contribution in [1.82, 2.24) is 34.7 Å². The van der Waals surface area contributed by atoms with Crippen LogP contribution in [0.5, 0.6) is 0 Å². The van der Waals surface area contributed by atoms with Crippen LogP contribution >= 0.6 is 23.2 Å². The van der Waals surface area contributed by atoms with Crippen molar-refractivity contribution in [3.8, 4) is 5.69 Å². The minimum Gasteiger partial charge on any atom is -0.304 e. The number of H-pyrrole nitrogens is 1. The maximum atomic E-state index is 12.8. The molecule has 2 N–H and O–H groups in total. The number of halogens is 2. The summed E-state index contributed by atoms with van der Waals surface area (Å²) in [5.41, 5.74) is 1.88. The molecule has 0 spiro atoms. The maximum Gasteiger partial charge on any atom is 0.296 e.